The van der Waals surface area contributed by atoms with Crippen molar-refractivity contribution in [2.75, 3.05) is 29.0 Å². The minimum Gasteiger partial charge on any atom is -0.497 e. The van der Waals surface area contributed by atoms with Crippen LogP contribution in [0.2, 0.25) is 5.02 Å². The number of benzene rings is 4. The van der Waals surface area contributed by atoms with Crippen LogP contribution >= 0.6 is 11.6 Å². The van der Waals surface area contributed by atoms with Gasteiger partial charge in [-0.1, -0.05) is 29.8 Å². The first-order chi connectivity index (χ1) is 19.0. The highest BCUT2D eigenvalue weighted by Gasteiger charge is 2.19. The van der Waals surface area contributed by atoms with Gasteiger partial charge >= 0.3 is 0 Å². The van der Waals surface area contributed by atoms with Gasteiger partial charge in [0.2, 0.25) is 0 Å². The maximum atomic E-state index is 12.9. The molecule has 4 rings (SSSR count). The molecule has 0 aliphatic rings. The topological polar surface area (TPSA) is 140 Å². The number of carbonyl (C=O) groups is 1. The standard InChI is InChI=1S/C27H24ClN3O7S2/c1-37-20-11-15-26(38-2)25(17-20)31-40(35,36)22-12-8-18(9-13-22)29-27(32)23-14-10-19(16-24(23)28)30-39(33,34)21-6-4-3-5-7-21/h3-17,30-31H,1-2H3,(H,29,32). The van der Waals surface area contributed by atoms with Crippen LogP contribution in [-0.2, 0) is 20.0 Å². The van der Waals surface area contributed by atoms with Gasteiger partial charge in [0.15, 0.2) is 0 Å². The molecule has 3 N–H and O–H groups in total. The van der Waals surface area contributed by atoms with Gasteiger partial charge in [0.25, 0.3) is 26.0 Å². The number of nitrogens with one attached hydrogen (secondary N) is 3. The van der Waals surface area contributed by atoms with Crippen LogP contribution in [0.4, 0.5) is 17.1 Å². The number of hydrogen-bond acceptors (Lipinski definition) is 7. The molecular formula is C27H24ClN3O7S2. The lowest BCUT2D eigenvalue weighted by atomic mass is 10.2. The number of rotatable bonds is 10. The van der Waals surface area contributed by atoms with Gasteiger partial charge in [0, 0.05) is 11.8 Å². The second-order valence-electron chi connectivity index (χ2n) is 8.26. The Bertz CT molecular complexity index is 1750. The van der Waals surface area contributed by atoms with Crippen molar-refractivity contribution in [3.63, 3.8) is 0 Å². The number of carbonyl (C=O) groups excluding carboxylic acids is 1. The monoisotopic (exact) mass is 601 g/mol. The summed E-state index contributed by atoms with van der Waals surface area (Å²) in [7, 11) is -4.95. The maximum absolute atomic E-state index is 12.9. The SMILES string of the molecule is COc1ccc(OC)c(NS(=O)(=O)c2ccc(NC(=O)c3ccc(NS(=O)(=O)c4ccccc4)cc3Cl)cc2)c1. The molecule has 0 saturated heterocycles. The molecule has 0 fully saturated rings. The summed E-state index contributed by atoms with van der Waals surface area (Å²) in [5, 5.41) is 2.66. The largest absolute Gasteiger partial charge is 0.497 e. The number of ether oxygens (including phenoxy) is 2. The summed E-state index contributed by atoms with van der Waals surface area (Å²) in [6.45, 7) is 0. The fourth-order valence-corrected chi connectivity index (χ4v) is 5.99. The van der Waals surface area contributed by atoms with Crippen molar-refractivity contribution < 1.29 is 31.1 Å². The lowest BCUT2D eigenvalue weighted by Crippen LogP contribution is -2.15. The average Bonchev–Trinajstić information content (AvgIpc) is 2.93. The quantitative estimate of drug-likeness (QED) is 0.227. The van der Waals surface area contributed by atoms with E-state index in [1.807, 2.05) is 0 Å². The molecule has 0 saturated carbocycles. The Morgan fingerprint density at radius 2 is 1.32 bits per heavy atom. The summed E-state index contributed by atoms with van der Waals surface area (Å²) >= 11 is 6.27. The van der Waals surface area contributed by atoms with E-state index in [2.05, 4.69) is 14.8 Å². The first kappa shape index (κ1) is 28.7. The zero-order chi connectivity index (χ0) is 28.9. The molecule has 208 valence electrons. The molecule has 40 heavy (non-hydrogen) atoms. The van der Waals surface area contributed by atoms with Crippen molar-refractivity contribution in [1.82, 2.24) is 0 Å². The number of amides is 1. The Kier molecular flexibility index (Phi) is 8.52. The van der Waals surface area contributed by atoms with Crippen molar-refractivity contribution >= 4 is 54.6 Å². The highest BCUT2D eigenvalue weighted by molar-refractivity contribution is 7.93. The van der Waals surface area contributed by atoms with Crippen molar-refractivity contribution in [2.24, 2.45) is 0 Å². The van der Waals surface area contributed by atoms with E-state index in [0.29, 0.717) is 17.2 Å². The molecule has 0 atom stereocenters. The fourth-order valence-electron chi connectivity index (χ4n) is 3.59. The molecular weight excluding hydrogens is 578 g/mol. The van der Waals surface area contributed by atoms with E-state index in [0.717, 1.165) is 0 Å². The van der Waals surface area contributed by atoms with E-state index >= 15 is 0 Å². The highest BCUT2D eigenvalue weighted by atomic mass is 35.5. The molecule has 4 aromatic rings. The molecule has 0 unspecified atom stereocenters. The van der Waals surface area contributed by atoms with E-state index in [1.165, 1.54) is 74.9 Å². The Hall–Kier alpha value is -4.26. The van der Waals surface area contributed by atoms with Crippen LogP contribution in [0.3, 0.4) is 0 Å². The number of methoxy groups -OCH3 is 2. The second kappa shape index (κ2) is 11.9. The Morgan fingerprint density at radius 3 is 1.95 bits per heavy atom. The van der Waals surface area contributed by atoms with Crippen LogP contribution in [0.15, 0.2) is 101 Å². The number of anilines is 3. The molecule has 0 heterocycles. The lowest BCUT2D eigenvalue weighted by molar-refractivity contribution is 0.102. The number of hydrogen-bond donors (Lipinski definition) is 3. The van der Waals surface area contributed by atoms with E-state index in [4.69, 9.17) is 21.1 Å². The van der Waals surface area contributed by atoms with E-state index < -0.39 is 26.0 Å². The third-order valence-corrected chi connectivity index (χ3v) is 8.68. The summed E-state index contributed by atoms with van der Waals surface area (Å²) in [6, 6.07) is 22.1. The normalized spacial score (nSPS) is 11.4. The lowest BCUT2D eigenvalue weighted by Gasteiger charge is -2.14. The molecule has 13 heteroatoms. The summed E-state index contributed by atoms with van der Waals surface area (Å²) < 4.78 is 66.2. The van der Waals surface area contributed by atoms with E-state index in [-0.39, 0.29) is 31.8 Å². The van der Waals surface area contributed by atoms with Crippen LogP contribution < -0.4 is 24.2 Å². The number of halogens is 1. The molecule has 0 bridgehead atoms. The zero-order valence-electron chi connectivity index (χ0n) is 21.2. The summed E-state index contributed by atoms with van der Waals surface area (Å²) in [5.74, 6) is 0.179. The van der Waals surface area contributed by atoms with Gasteiger partial charge in [0.05, 0.1) is 46.0 Å². The first-order valence-corrected chi connectivity index (χ1v) is 14.9. The number of sulfonamides is 2. The third kappa shape index (κ3) is 6.65. The van der Waals surface area contributed by atoms with Gasteiger partial charge in [-0.2, -0.15) is 0 Å². The Morgan fingerprint density at radius 1 is 0.700 bits per heavy atom. The highest BCUT2D eigenvalue weighted by Crippen LogP contribution is 2.31. The van der Waals surface area contributed by atoms with Gasteiger partial charge in [-0.05, 0) is 66.7 Å². The Labute approximate surface area is 237 Å². The molecule has 0 spiro atoms. The Balaban J connectivity index is 1.45. The van der Waals surface area contributed by atoms with Gasteiger partial charge in [-0.3, -0.25) is 14.2 Å². The molecule has 1 amide bonds. The zero-order valence-corrected chi connectivity index (χ0v) is 23.6. The fraction of sp³-hybridized carbons (Fsp3) is 0.0741. The second-order valence-corrected chi connectivity index (χ2v) is 12.0. The van der Waals surface area contributed by atoms with Crippen molar-refractivity contribution in [1.29, 1.82) is 0 Å². The van der Waals surface area contributed by atoms with Crippen LogP contribution in [-0.4, -0.2) is 37.0 Å². The molecule has 0 radical (unpaired) electrons. The van der Waals surface area contributed by atoms with Crippen LogP contribution in [0.25, 0.3) is 0 Å². The summed E-state index contributed by atoms with van der Waals surface area (Å²) in [6.07, 6.45) is 0. The molecule has 4 aromatic carbocycles. The average molecular weight is 602 g/mol. The van der Waals surface area contributed by atoms with Gasteiger partial charge < -0.3 is 14.8 Å². The predicted octanol–water partition coefficient (Wildman–Crippen LogP) is 5.21. The summed E-state index contributed by atoms with van der Waals surface area (Å²) in [4.78, 5) is 12.8. The van der Waals surface area contributed by atoms with Crippen molar-refractivity contribution in [3.8, 4) is 11.5 Å². The third-order valence-electron chi connectivity index (χ3n) is 5.59. The first-order valence-electron chi connectivity index (χ1n) is 11.6. The molecule has 10 nitrogen and oxygen atoms in total. The van der Waals surface area contributed by atoms with Crippen molar-refractivity contribution in [2.45, 2.75) is 9.79 Å². The van der Waals surface area contributed by atoms with Crippen LogP contribution in [0, 0.1) is 0 Å². The minimum absolute atomic E-state index is 0.0152. The maximum Gasteiger partial charge on any atom is 0.262 e. The van der Waals surface area contributed by atoms with E-state index in [9.17, 15) is 21.6 Å². The predicted molar refractivity (Wildman–Crippen MR) is 153 cm³/mol. The van der Waals surface area contributed by atoms with Crippen molar-refractivity contribution in [3.05, 3.63) is 102 Å². The molecule has 0 aliphatic carbocycles. The van der Waals surface area contributed by atoms with E-state index in [1.54, 1.807) is 30.3 Å². The van der Waals surface area contributed by atoms with Crippen LogP contribution in [0.1, 0.15) is 10.4 Å². The van der Waals surface area contributed by atoms with Gasteiger partial charge in [-0.15, -0.1) is 0 Å². The smallest absolute Gasteiger partial charge is 0.262 e. The minimum atomic E-state index is -3.99. The van der Waals surface area contributed by atoms with Gasteiger partial charge in [0.1, 0.15) is 11.5 Å². The molecule has 0 aromatic heterocycles. The van der Waals surface area contributed by atoms with Crippen LogP contribution in [0.5, 0.6) is 11.5 Å². The van der Waals surface area contributed by atoms with Gasteiger partial charge in [-0.25, -0.2) is 16.8 Å². The molecule has 0 aliphatic heterocycles. The summed E-state index contributed by atoms with van der Waals surface area (Å²) in [5.41, 5.74) is 0.782.